The summed E-state index contributed by atoms with van der Waals surface area (Å²) in [6, 6.07) is 4.21. The molecule has 4 heterocycles. The molecule has 2 aromatic rings. The predicted molar refractivity (Wildman–Crippen MR) is 162 cm³/mol. The van der Waals surface area contributed by atoms with E-state index in [-0.39, 0.29) is 29.5 Å². The van der Waals surface area contributed by atoms with E-state index in [9.17, 15) is 0 Å². The number of nitrogens with one attached hydrogen (secondary N) is 1. The molecule has 0 radical (unpaired) electrons. The number of anilines is 1. The Kier molecular flexibility index (Phi) is 8.26. The number of rotatable bonds is 9. The van der Waals surface area contributed by atoms with Gasteiger partial charge >= 0.3 is 0 Å². The third-order valence-corrected chi connectivity index (χ3v) is 20.4. The van der Waals surface area contributed by atoms with Crippen LogP contribution in [0.2, 0.25) is 34.8 Å². The number of nitrogens with zero attached hydrogens (tertiary/aromatic N) is 3. The minimum Gasteiger partial charge on any atom is -0.414 e. The van der Waals surface area contributed by atoms with Gasteiger partial charge in [-0.25, -0.2) is 9.50 Å². The van der Waals surface area contributed by atoms with Crippen LogP contribution in [0.3, 0.4) is 0 Å². The summed E-state index contributed by atoms with van der Waals surface area (Å²) in [5.41, 5.74) is 3.56. The molecule has 4 atom stereocenters. The summed E-state index contributed by atoms with van der Waals surface area (Å²) in [6.45, 7) is 29.8. The number of hydrogen-bond acceptors (Lipinski definition) is 7. The molecule has 0 bridgehead atoms. The van der Waals surface area contributed by atoms with Gasteiger partial charge in [-0.1, -0.05) is 62.3 Å². The van der Waals surface area contributed by atoms with Gasteiger partial charge in [0, 0.05) is 0 Å². The SMILES string of the molecule is CC(C)[Si](Nc1ncnn2c(C3O[C@H](CO[Si](C)(C)C(C)(C)C)[C@H]4OC(C)(C)O[C@H]34)ccc12)(C(C)C)C(C)C. The van der Waals surface area contributed by atoms with Crippen LogP contribution >= 0.6 is 0 Å². The van der Waals surface area contributed by atoms with Crippen LogP contribution in [0.1, 0.15) is 88.0 Å². The van der Waals surface area contributed by atoms with Crippen LogP contribution in [0, 0.1) is 0 Å². The van der Waals surface area contributed by atoms with E-state index in [1.165, 1.54) is 0 Å². The molecule has 2 aliphatic heterocycles. The summed E-state index contributed by atoms with van der Waals surface area (Å²) in [5, 5.41) is 4.80. The first-order chi connectivity index (χ1) is 17.9. The van der Waals surface area contributed by atoms with Gasteiger partial charge in [0.05, 0.1) is 12.3 Å². The summed E-state index contributed by atoms with van der Waals surface area (Å²) in [7, 11) is -3.89. The van der Waals surface area contributed by atoms with E-state index in [0.29, 0.717) is 23.2 Å². The highest BCUT2D eigenvalue weighted by atomic mass is 28.4. The van der Waals surface area contributed by atoms with Crippen LogP contribution < -0.4 is 4.98 Å². The monoisotopic (exact) mass is 576 g/mol. The van der Waals surface area contributed by atoms with E-state index in [1.807, 2.05) is 18.4 Å². The van der Waals surface area contributed by atoms with Crippen LogP contribution in [0.15, 0.2) is 18.5 Å². The van der Waals surface area contributed by atoms with Crippen molar-refractivity contribution >= 4 is 27.9 Å². The highest BCUT2D eigenvalue weighted by Gasteiger charge is 2.57. The second-order valence-corrected chi connectivity index (χ2v) is 24.8. The summed E-state index contributed by atoms with van der Waals surface area (Å²) >= 11 is 0. The van der Waals surface area contributed by atoms with Crippen molar-refractivity contribution in [2.24, 2.45) is 0 Å². The largest absolute Gasteiger partial charge is 0.414 e. The average molecular weight is 577 g/mol. The molecule has 0 amide bonds. The minimum absolute atomic E-state index is 0.120. The second kappa shape index (κ2) is 10.5. The van der Waals surface area contributed by atoms with Crippen molar-refractivity contribution in [2.75, 3.05) is 11.6 Å². The van der Waals surface area contributed by atoms with Crippen LogP contribution in [-0.2, 0) is 18.6 Å². The first-order valence-corrected chi connectivity index (χ1v) is 19.8. The zero-order valence-corrected chi connectivity index (χ0v) is 28.5. The van der Waals surface area contributed by atoms with Crippen molar-refractivity contribution in [2.45, 2.75) is 141 Å². The lowest BCUT2D eigenvalue weighted by Crippen LogP contribution is -2.52. The summed E-state index contributed by atoms with van der Waals surface area (Å²) < 4.78 is 28.1. The Hall–Kier alpha value is -1.31. The Morgan fingerprint density at radius 1 is 1.00 bits per heavy atom. The number of aromatic nitrogens is 3. The molecule has 2 saturated heterocycles. The Morgan fingerprint density at radius 2 is 1.59 bits per heavy atom. The maximum Gasteiger partial charge on any atom is 0.192 e. The smallest absolute Gasteiger partial charge is 0.192 e. The van der Waals surface area contributed by atoms with Gasteiger partial charge < -0.3 is 23.6 Å². The van der Waals surface area contributed by atoms with Gasteiger partial charge in [-0.15, -0.1) is 0 Å². The van der Waals surface area contributed by atoms with Gasteiger partial charge in [0.25, 0.3) is 0 Å². The zero-order chi connectivity index (χ0) is 29.1. The summed E-state index contributed by atoms with van der Waals surface area (Å²) in [4.78, 5) is 8.75. The fourth-order valence-corrected chi connectivity index (χ4v) is 12.9. The normalized spacial score (nSPS) is 25.8. The van der Waals surface area contributed by atoms with E-state index in [1.54, 1.807) is 6.33 Å². The number of ether oxygens (including phenoxy) is 3. The maximum atomic E-state index is 6.69. The average Bonchev–Trinajstić information content (AvgIpc) is 3.45. The van der Waals surface area contributed by atoms with E-state index in [2.05, 4.69) is 97.6 Å². The fraction of sp³-hybridized carbons (Fsp3) is 0.793. The molecule has 2 aliphatic rings. The molecule has 0 aliphatic carbocycles. The van der Waals surface area contributed by atoms with Crippen molar-refractivity contribution in [3.8, 4) is 0 Å². The van der Waals surface area contributed by atoms with Gasteiger partial charge in [0.2, 0.25) is 0 Å². The Labute approximate surface area is 237 Å². The molecule has 10 heteroatoms. The fourth-order valence-electron chi connectivity index (χ4n) is 6.46. The molecule has 1 N–H and O–H groups in total. The molecule has 0 spiro atoms. The number of fused-ring (bicyclic) bond motifs is 2. The van der Waals surface area contributed by atoms with E-state index in [4.69, 9.17) is 23.6 Å². The van der Waals surface area contributed by atoms with Gasteiger partial charge in [-0.2, -0.15) is 5.10 Å². The standard InChI is InChI=1S/C29H52N4O4Si2/c1-18(2)39(19(3)4,20(5)6)32-27-22-15-14-21(33(22)31-17-30-27)24-26-25(36-29(10,11)37-26)23(35-24)16-34-38(12,13)28(7,8)9/h14-15,17-20,23-26H,16H2,1-13H3,(H,30,31,32)/t23-,24?,25-,26-/m1/s1. The summed E-state index contributed by atoms with van der Waals surface area (Å²) in [5.74, 6) is 0.216. The van der Waals surface area contributed by atoms with Crippen molar-refractivity contribution in [1.29, 1.82) is 0 Å². The molecule has 4 rings (SSSR count). The Morgan fingerprint density at radius 3 is 2.15 bits per heavy atom. The van der Waals surface area contributed by atoms with Crippen molar-refractivity contribution < 1.29 is 18.6 Å². The van der Waals surface area contributed by atoms with E-state index < -0.39 is 22.3 Å². The van der Waals surface area contributed by atoms with Gasteiger partial charge in [0.1, 0.15) is 42.1 Å². The predicted octanol–water partition coefficient (Wildman–Crippen LogP) is 7.30. The van der Waals surface area contributed by atoms with Gasteiger partial charge in [-0.3, -0.25) is 0 Å². The molecule has 1 unspecified atom stereocenters. The van der Waals surface area contributed by atoms with Crippen molar-refractivity contribution in [1.82, 2.24) is 14.6 Å². The highest BCUT2D eigenvalue weighted by Crippen LogP contribution is 2.47. The lowest BCUT2D eigenvalue weighted by atomic mass is 10.1. The third kappa shape index (κ3) is 5.49. The topological polar surface area (TPSA) is 79.1 Å². The molecule has 0 aromatic carbocycles. The molecule has 39 heavy (non-hydrogen) atoms. The van der Waals surface area contributed by atoms with Crippen LogP contribution in [-0.4, -0.2) is 61.9 Å². The molecular formula is C29H52N4O4Si2. The Balaban J connectivity index is 1.67. The zero-order valence-electron chi connectivity index (χ0n) is 26.5. The lowest BCUT2D eigenvalue weighted by Gasteiger charge is -2.43. The maximum absolute atomic E-state index is 6.69. The van der Waals surface area contributed by atoms with Crippen LogP contribution in [0.25, 0.3) is 5.52 Å². The molecule has 2 aromatic heterocycles. The molecule has 8 nitrogen and oxygen atoms in total. The molecule has 0 saturated carbocycles. The van der Waals surface area contributed by atoms with E-state index in [0.717, 1.165) is 17.0 Å². The summed E-state index contributed by atoms with van der Waals surface area (Å²) in [6.07, 6.45) is 0.663. The highest BCUT2D eigenvalue weighted by molar-refractivity contribution is 6.86. The van der Waals surface area contributed by atoms with Gasteiger partial charge in [0.15, 0.2) is 22.3 Å². The molecular weight excluding hydrogens is 525 g/mol. The quantitative estimate of drug-likeness (QED) is 0.314. The first kappa shape index (κ1) is 30.6. The van der Waals surface area contributed by atoms with E-state index >= 15 is 0 Å². The Bertz CT molecular complexity index is 1140. The molecule has 2 fully saturated rings. The van der Waals surface area contributed by atoms with Crippen molar-refractivity contribution in [3.63, 3.8) is 0 Å². The van der Waals surface area contributed by atoms with Crippen LogP contribution in [0.5, 0.6) is 0 Å². The molecule has 220 valence electrons. The van der Waals surface area contributed by atoms with Gasteiger partial charge in [-0.05, 0) is 60.7 Å². The minimum atomic E-state index is -1.95. The lowest BCUT2D eigenvalue weighted by molar-refractivity contribution is -0.191. The van der Waals surface area contributed by atoms with Crippen molar-refractivity contribution in [3.05, 3.63) is 24.2 Å². The number of hydrogen-bond donors (Lipinski definition) is 1. The van der Waals surface area contributed by atoms with Crippen LogP contribution in [0.4, 0.5) is 5.82 Å². The first-order valence-electron chi connectivity index (χ1n) is 14.7. The second-order valence-electron chi connectivity index (χ2n) is 14.4. The third-order valence-electron chi connectivity index (χ3n) is 9.54.